The van der Waals surface area contributed by atoms with Gasteiger partial charge in [-0.25, -0.2) is 4.98 Å². The van der Waals surface area contributed by atoms with Crippen LogP contribution in [-0.2, 0) is 20.7 Å². The van der Waals surface area contributed by atoms with Crippen molar-refractivity contribution in [3.05, 3.63) is 64.7 Å². The second-order valence-corrected chi connectivity index (χ2v) is 6.35. The van der Waals surface area contributed by atoms with Gasteiger partial charge in [0, 0.05) is 6.42 Å². The number of nitrogens with one attached hydrogen (secondary N) is 2. The molecule has 0 saturated carbocycles. The monoisotopic (exact) mass is 395 g/mol. The Kier molecular flexibility index (Phi) is 6.23. The molecule has 2 aromatic carbocycles. The Morgan fingerprint density at radius 3 is 2.66 bits per heavy atom. The molecule has 0 aliphatic carbocycles. The average Bonchev–Trinajstić information content (AvgIpc) is 2.72. The van der Waals surface area contributed by atoms with Crippen LogP contribution >= 0.6 is 0 Å². The molecule has 2 N–H and O–H groups in total. The van der Waals surface area contributed by atoms with Crippen LogP contribution in [0.25, 0.3) is 10.9 Å². The zero-order valence-electron chi connectivity index (χ0n) is 16.1. The van der Waals surface area contributed by atoms with Crippen molar-refractivity contribution in [1.82, 2.24) is 9.97 Å². The molecule has 3 aromatic rings. The molecule has 0 aliphatic heterocycles. The number of aromatic amines is 1. The van der Waals surface area contributed by atoms with Crippen molar-refractivity contribution in [2.45, 2.75) is 25.9 Å². The number of ether oxygens (including phenoxy) is 2. The number of carbonyl (C=O) groups is 2. The summed E-state index contributed by atoms with van der Waals surface area (Å²) in [6.07, 6.45) is -0.816. The van der Waals surface area contributed by atoms with Crippen LogP contribution in [0.2, 0.25) is 0 Å². The quantitative estimate of drug-likeness (QED) is 0.595. The van der Waals surface area contributed by atoms with E-state index in [2.05, 4.69) is 15.3 Å². The molecule has 0 radical (unpaired) electrons. The molecule has 3 rings (SSSR count). The number of nitrogens with zero attached hydrogens (tertiary/aromatic N) is 1. The number of aromatic nitrogens is 2. The summed E-state index contributed by atoms with van der Waals surface area (Å²) in [7, 11) is 1.50. The smallest absolute Gasteiger partial charge is 0.307 e. The molecule has 1 amide bonds. The first-order chi connectivity index (χ1) is 14.0. The van der Waals surface area contributed by atoms with E-state index in [4.69, 9.17) is 9.47 Å². The lowest BCUT2D eigenvalue weighted by Crippen LogP contribution is -2.30. The predicted octanol–water partition coefficient (Wildman–Crippen LogP) is 2.43. The number of carbonyl (C=O) groups excluding carboxylic acids is 2. The Labute approximate surface area is 166 Å². The van der Waals surface area contributed by atoms with E-state index < -0.39 is 18.0 Å². The topological polar surface area (TPSA) is 110 Å². The molecule has 29 heavy (non-hydrogen) atoms. The first-order valence-electron chi connectivity index (χ1n) is 9.09. The van der Waals surface area contributed by atoms with Crippen LogP contribution in [0.1, 0.15) is 19.2 Å². The molecular formula is C21H21N3O5. The summed E-state index contributed by atoms with van der Waals surface area (Å²) >= 11 is 0. The minimum absolute atomic E-state index is 0.0203. The summed E-state index contributed by atoms with van der Waals surface area (Å²) in [6.45, 7) is 1.48. The molecule has 0 fully saturated rings. The van der Waals surface area contributed by atoms with Crippen molar-refractivity contribution < 1.29 is 19.1 Å². The Morgan fingerprint density at radius 1 is 1.14 bits per heavy atom. The number of esters is 1. The van der Waals surface area contributed by atoms with Crippen molar-refractivity contribution in [1.29, 1.82) is 0 Å². The van der Waals surface area contributed by atoms with E-state index in [1.165, 1.54) is 14.0 Å². The van der Waals surface area contributed by atoms with Gasteiger partial charge in [0.2, 0.25) is 0 Å². The Morgan fingerprint density at radius 2 is 1.86 bits per heavy atom. The molecule has 0 unspecified atom stereocenters. The maximum Gasteiger partial charge on any atom is 0.307 e. The summed E-state index contributed by atoms with van der Waals surface area (Å²) in [5.74, 6) is -0.147. The van der Waals surface area contributed by atoms with Crippen molar-refractivity contribution in [2.75, 3.05) is 12.4 Å². The lowest BCUT2D eigenvalue weighted by Gasteiger charge is -2.15. The van der Waals surface area contributed by atoms with Gasteiger partial charge in [0.05, 0.1) is 30.1 Å². The lowest BCUT2D eigenvalue weighted by atomic mass is 10.2. The van der Waals surface area contributed by atoms with E-state index in [1.807, 2.05) is 0 Å². The fraction of sp³-hybridized carbons (Fsp3) is 0.238. The highest BCUT2D eigenvalue weighted by Crippen LogP contribution is 2.23. The third-order valence-electron chi connectivity index (χ3n) is 4.27. The number of hydrogen-bond donors (Lipinski definition) is 2. The van der Waals surface area contributed by atoms with E-state index in [0.717, 1.165) is 0 Å². The largest absolute Gasteiger partial charge is 0.495 e. The molecule has 8 nitrogen and oxygen atoms in total. The van der Waals surface area contributed by atoms with Gasteiger partial charge in [-0.3, -0.25) is 14.4 Å². The highest BCUT2D eigenvalue weighted by atomic mass is 16.5. The lowest BCUT2D eigenvalue weighted by molar-refractivity contribution is -0.153. The Hall–Kier alpha value is -3.68. The van der Waals surface area contributed by atoms with Crippen LogP contribution in [0.5, 0.6) is 5.75 Å². The van der Waals surface area contributed by atoms with Gasteiger partial charge < -0.3 is 19.8 Å². The van der Waals surface area contributed by atoms with Crippen LogP contribution in [0.3, 0.4) is 0 Å². The summed E-state index contributed by atoms with van der Waals surface area (Å²) in [4.78, 5) is 43.4. The van der Waals surface area contributed by atoms with Crippen LogP contribution < -0.4 is 15.6 Å². The third kappa shape index (κ3) is 4.98. The van der Waals surface area contributed by atoms with Gasteiger partial charge in [0.1, 0.15) is 11.6 Å². The first-order valence-corrected chi connectivity index (χ1v) is 9.09. The number of aryl methyl sites for hydroxylation is 1. The van der Waals surface area contributed by atoms with E-state index in [1.54, 1.807) is 48.5 Å². The summed E-state index contributed by atoms with van der Waals surface area (Å²) in [5, 5.41) is 3.15. The van der Waals surface area contributed by atoms with Gasteiger partial charge in [0.25, 0.3) is 11.5 Å². The number of H-pyrrole nitrogens is 1. The Bertz CT molecular complexity index is 1090. The fourth-order valence-electron chi connectivity index (χ4n) is 2.77. The summed E-state index contributed by atoms with van der Waals surface area (Å²) in [6, 6.07) is 13.9. The molecule has 0 spiro atoms. The molecule has 1 atom stereocenters. The number of benzene rings is 2. The maximum absolute atomic E-state index is 12.3. The van der Waals surface area contributed by atoms with Crippen molar-refractivity contribution in [2.24, 2.45) is 0 Å². The van der Waals surface area contributed by atoms with Gasteiger partial charge in [-0.1, -0.05) is 24.3 Å². The highest BCUT2D eigenvalue weighted by molar-refractivity contribution is 5.96. The number of rotatable bonds is 7. The van der Waals surface area contributed by atoms with E-state index in [9.17, 15) is 14.4 Å². The molecule has 0 bridgehead atoms. The third-order valence-corrected chi connectivity index (χ3v) is 4.27. The van der Waals surface area contributed by atoms with Crippen LogP contribution in [0, 0.1) is 0 Å². The normalized spacial score (nSPS) is 11.7. The number of fused-ring (bicyclic) bond motifs is 1. The minimum Gasteiger partial charge on any atom is -0.495 e. The van der Waals surface area contributed by atoms with E-state index >= 15 is 0 Å². The van der Waals surface area contributed by atoms with Crippen molar-refractivity contribution in [3.63, 3.8) is 0 Å². The van der Waals surface area contributed by atoms with Crippen LogP contribution in [0.15, 0.2) is 53.3 Å². The van der Waals surface area contributed by atoms with E-state index in [0.29, 0.717) is 28.2 Å². The predicted molar refractivity (Wildman–Crippen MR) is 108 cm³/mol. The van der Waals surface area contributed by atoms with Crippen molar-refractivity contribution in [3.8, 4) is 5.75 Å². The van der Waals surface area contributed by atoms with Crippen LogP contribution in [-0.4, -0.2) is 35.1 Å². The molecule has 1 heterocycles. The second kappa shape index (κ2) is 9.01. The second-order valence-electron chi connectivity index (χ2n) is 6.35. The van der Waals surface area contributed by atoms with Gasteiger partial charge in [-0.05, 0) is 31.2 Å². The van der Waals surface area contributed by atoms with E-state index in [-0.39, 0.29) is 18.4 Å². The minimum atomic E-state index is -0.990. The van der Waals surface area contributed by atoms with Gasteiger partial charge in [-0.2, -0.15) is 0 Å². The Balaban J connectivity index is 1.56. The number of amides is 1. The molecule has 150 valence electrons. The number of hydrogen-bond acceptors (Lipinski definition) is 6. The molecule has 0 saturated heterocycles. The number of methoxy groups -OCH3 is 1. The number of anilines is 1. The summed E-state index contributed by atoms with van der Waals surface area (Å²) < 4.78 is 10.4. The zero-order chi connectivity index (χ0) is 20.8. The maximum atomic E-state index is 12.3. The van der Waals surface area contributed by atoms with Crippen molar-refractivity contribution >= 4 is 28.5 Å². The number of para-hydroxylation sites is 3. The molecule has 8 heteroatoms. The fourth-order valence-corrected chi connectivity index (χ4v) is 2.77. The highest BCUT2D eigenvalue weighted by Gasteiger charge is 2.19. The SMILES string of the molecule is COc1ccccc1NC(=O)[C@H](C)OC(=O)CCc1nc2ccccc2c(=O)[nH]1. The van der Waals surface area contributed by atoms with Gasteiger partial charge in [0.15, 0.2) is 6.10 Å². The average molecular weight is 395 g/mol. The van der Waals surface area contributed by atoms with Gasteiger partial charge in [-0.15, -0.1) is 0 Å². The zero-order valence-corrected chi connectivity index (χ0v) is 16.1. The standard InChI is InChI=1S/C21H21N3O5/c1-13(20(26)23-16-9-5-6-10-17(16)28-2)29-19(25)12-11-18-22-15-8-4-3-7-14(15)21(27)24-18/h3-10,13H,11-12H2,1-2H3,(H,23,26)(H,22,24,27)/t13-/m0/s1. The van der Waals surface area contributed by atoms with Gasteiger partial charge >= 0.3 is 5.97 Å². The molecular weight excluding hydrogens is 374 g/mol. The molecule has 1 aromatic heterocycles. The van der Waals surface area contributed by atoms with Crippen LogP contribution in [0.4, 0.5) is 5.69 Å². The molecule has 0 aliphatic rings. The first kappa shape index (κ1) is 20.1. The summed E-state index contributed by atoms with van der Waals surface area (Å²) in [5.41, 5.74) is 0.786.